The molecule has 182 valence electrons. The van der Waals surface area contributed by atoms with E-state index in [1.54, 1.807) is 6.07 Å². The minimum Gasteiger partial charge on any atom is -0.492 e. The quantitative estimate of drug-likeness (QED) is 0.559. The maximum absolute atomic E-state index is 12.8. The minimum atomic E-state index is -3.09. The Hall–Kier alpha value is -2.44. The van der Waals surface area contributed by atoms with E-state index >= 15 is 0 Å². The molecule has 1 spiro atoms. The molecule has 1 unspecified atom stereocenters. The summed E-state index contributed by atoms with van der Waals surface area (Å²) in [4.78, 5) is 12.8. The molecule has 2 aliphatic rings. The number of nitrogens with zero attached hydrogens (tertiary/aromatic N) is 1. The lowest BCUT2D eigenvalue weighted by molar-refractivity contribution is 0.100. The van der Waals surface area contributed by atoms with Gasteiger partial charge in [0.05, 0.1) is 6.61 Å². The van der Waals surface area contributed by atoms with Crippen molar-refractivity contribution in [3.63, 3.8) is 0 Å². The second kappa shape index (κ2) is 10.0. The molecule has 2 aromatic rings. The SMILES string of the molecule is C/C=C\C[C@H](C)CS(N)(=O)=NC(=O)c1ccc2c(c1)CC[C@@]1(CCCc3cc(C)ccc31)CO2. The summed E-state index contributed by atoms with van der Waals surface area (Å²) in [6.45, 7) is 6.70. The second-order valence-corrected chi connectivity index (χ2v) is 12.0. The maximum Gasteiger partial charge on any atom is 0.286 e. The fourth-order valence-corrected chi connectivity index (χ4v) is 6.81. The van der Waals surface area contributed by atoms with Gasteiger partial charge in [-0.05, 0) is 93.2 Å². The second-order valence-electron chi connectivity index (χ2n) is 10.1. The number of hydrogen-bond acceptors (Lipinski definition) is 3. The highest BCUT2D eigenvalue weighted by Gasteiger charge is 2.39. The number of rotatable bonds is 5. The molecule has 0 fully saturated rings. The molecule has 0 saturated carbocycles. The van der Waals surface area contributed by atoms with Crippen LogP contribution >= 0.6 is 0 Å². The predicted octanol–water partition coefficient (Wildman–Crippen LogP) is 5.68. The fraction of sp³-hybridized carbons (Fsp3) is 0.464. The highest BCUT2D eigenvalue weighted by Crippen LogP contribution is 2.44. The van der Waals surface area contributed by atoms with Crippen molar-refractivity contribution in [1.29, 1.82) is 0 Å². The van der Waals surface area contributed by atoms with Crippen molar-refractivity contribution >= 4 is 15.8 Å². The number of carbonyl (C=O) groups excluding carboxylic acids is 1. The zero-order valence-electron chi connectivity index (χ0n) is 20.5. The standard InChI is InChI=1S/C28H36N2O3S/c1-4-5-7-21(3)18-34(29,32)30-27(31)24-10-12-26-23(17-24)13-15-28(19-33-26)14-6-8-22-16-20(2)9-11-25(22)28/h4-5,9-12,16-17,21H,6-8,13-15,18-19H2,1-3H3,(H2,29,30,31,32)/b5-4-/t21-,28-,34?/m0/s1. The predicted molar refractivity (Wildman–Crippen MR) is 139 cm³/mol. The van der Waals surface area contributed by atoms with Gasteiger partial charge in [-0.3, -0.25) is 4.79 Å². The van der Waals surface area contributed by atoms with E-state index < -0.39 is 15.8 Å². The molecule has 5 nitrogen and oxygen atoms in total. The number of amides is 1. The molecule has 1 aliphatic carbocycles. The number of benzene rings is 2. The van der Waals surface area contributed by atoms with E-state index in [-0.39, 0.29) is 17.1 Å². The lowest BCUT2D eigenvalue weighted by atomic mass is 9.67. The third-order valence-corrected chi connectivity index (χ3v) is 8.67. The van der Waals surface area contributed by atoms with Gasteiger partial charge in [0.25, 0.3) is 5.91 Å². The van der Waals surface area contributed by atoms with Gasteiger partial charge in [-0.25, -0.2) is 9.35 Å². The van der Waals surface area contributed by atoms with Gasteiger partial charge in [-0.15, -0.1) is 4.36 Å². The fourth-order valence-electron chi connectivity index (χ4n) is 5.39. The molecule has 3 atom stereocenters. The van der Waals surface area contributed by atoms with E-state index in [0.717, 1.165) is 49.8 Å². The summed E-state index contributed by atoms with van der Waals surface area (Å²) >= 11 is 0. The van der Waals surface area contributed by atoms with E-state index in [0.29, 0.717) is 12.2 Å². The summed E-state index contributed by atoms with van der Waals surface area (Å²) in [6, 6.07) is 12.2. The summed E-state index contributed by atoms with van der Waals surface area (Å²) in [6.07, 6.45) is 9.91. The van der Waals surface area contributed by atoms with Gasteiger partial charge < -0.3 is 4.74 Å². The van der Waals surface area contributed by atoms with Crippen LogP contribution in [0.15, 0.2) is 52.9 Å². The third kappa shape index (κ3) is 5.44. The molecule has 4 rings (SSSR count). The number of nitrogens with two attached hydrogens (primary N) is 1. The van der Waals surface area contributed by atoms with E-state index in [4.69, 9.17) is 9.88 Å². The van der Waals surface area contributed by atoms with Gasteiger partial charge in [-0.1, -0.05) is 42.8 Å². The maximum atomic E-state index is 12.8. The summed E-state index contributed by atoms with van der Waals surface area (Å²) in [5, 5.41) is 5.93. The van der Waals surface area contributed by atoms with E-state index in [1.807, 2.05) is 38.1 Å². The van der Waals surface area contributed by atoms with Crippen LogP contribution in [0.25, 0.3) is 0 Å². The van der Waals surface area contributed by atoms with Crippen molar-refractivity contribution in [3.8, 4) is 5.75 Å². The van der Waals surface area contributed by atoms with Crippen LogP contribution < -0.4 is 9.88 Å². The van der Waals surface area contributed by atoms with Crippen LogP contribution in [0.4, 0.5) is 0 Å². The van der Waals surface area contributed by atoms with E-state index in [2.05, 4.69) is 29.5 Å². The zero-order chi connectivity index (χ0) is 24.3. The Morgan fingerprint density at radius 3 is 2.82 bits per heavy atom. The Morgan fingerprint density at radius 2 is 2.03 bits per heavy atom. The van der Waals surface area contributed by atoms with Gasteiger partial charge in [0.15, 0.2) is 0 Å². The largest absolute Gasteiger partial charge is 0.492 e. The first-order valence-corrected chi connectivity index (χ1v) is 14.0. The van der Waals surface area contributed by atoms with Crippen LogP contribution in [0.2, 0.25) is 0 Å². The third-order valence-electron chi connectivity index (χ3n) is 7.15. The molecule has 34 heavy (non-hydrogen) atoms. The summed E-state index contributed by atoms with van der Waals surface area (Å²) in [5.41, 5.74) is 5.58. The van der Waals surface area contributed by atoms with Crippen LogP contribution in [0, 0.1) is 12.8 Å². The Balaban J connectivity index is 1.54. The molecule has 1 amide bonds. The van der Waals surface area contributed by atoms with Gasteiger partial charge in [-0.2, -0.15) is 0 Å². The number of hydrogen-bond donors (Lipinski definition) is 1. The molecule has 6 heteroatoms. The van der Waals surface area contributed by atoms with Crippen molar-refractivity contribution in [1.82, 2.24) is 0 Å². The lowest BCUT2D eigenvalue weighted by Crippen LogP contribution is -2.36. The summed E-state index contributed by atoms with van der Waals surface area (Å²) < 4.78 is 23.0. The first kappa shape index (κ1) is 24.7. The average molecular weight is 481 g/mol. The van der Waals surface area contributed by atoms with Crippen LogP contribution in [-0.2, 0) is 28.2 Å². The molecule has 0 radical (unpaired) electrons. The van der Waals surface area contributed by atoms with Crippen molar-refractivity contribution in [2.24, 2.45) is 15.4 Å². The highest BCUT2D eigenvalue weighted by atomic mass is 32.2. The lowest BCUT2D eigenvalue weighted by Gasteiger charge is -2.38. The van der Waals surface area contributed by atoms with Gasteiger partial charge >= 0.3 is 0 Å². The highest BCUT2D eigenvalue weighted by molar-refractivity contribution is 7.91. The molecule has 1 heterocycles. The molecule has 1 aliphatic heterocycles. The van der Waals surface area contributed by atoms with Crippen molar-refractivity contribution in [2.75, 3.05) is 12.4 Å². The number of aryl methyl sites for hydroxylation is 3. The first-order chi connectivity index (χ1) is 16.2. The van der Waals surface area contributed by atoms with Crippen LogP contribution in [0.1, 0.15) is 72.1 Å². The van der Waals surface area contributed by atoms with Crippen LogP contribution in [-0.4, -0.2) is 22.5 Å². The molecule has 0 aromatic heterocycles. The molecule has 2 aromatic carbocycles. The topological polar surface area (TPSA) is 81.8 Å². The van der Waals surface area contributed by atoms with E-state index in [1.165, 1.54) is 16.7 Å². The molecular formula is C28H36N2O3S. The van der Waals surface area contributed by atoms with Gasteiger partial charge in [0, 0.05) is 16.7 Å². The molecule has 0 bridgehead atoms. The molecular weight excluding hydrogens is 444 g/mol. The Bertz CT molecular complexity index is 1230. The van der Waals surface area contributed by atoms with Crippen molar-refractivity contribution in [3.05, 3.63) is 76.4 Å². The summed E-state index contributed by atoms with van der Waals surface area (Å²) in [5.74, 6) is 0.578. The van der Waals surface area contributed by atoms with Gasteiger partial charge in [0.2, 0.25) is 0 Å². The Morgan fingerprint density at radius 1 is 1.21 bits per heavy atom. The first-order valence-electron chi connectivity index (χ1n) is 12.3. The van der Waals surface area contributed by atoms with Crippen LogP contribution in [0.5, 0.6) is 5.75 Å². The minimum absolute atomic E-state index is 0.00348. The van der Waals surface area contributed by atoms with Crippen LogP contribution in [0.3, 0.4) is 0 Å². The van der Waals surface area contributed by atoms with Gasteiger partial charge in [0.1, 0.15) is 15.7 Å². The number of allylic oxidation sites excluding steroid dienone is 2. The smallest absolute Gasteiger partial charge is 0.286 e. The van der Waals surface area contributed by atoms with E-state index in [9.17, 15) is 9.00 Å². The number of ether oxygens (including phenoxy) is 1. The number of carbonyl (C=O) groups is 1. The number of fused-ring (bicyclic) bond motifs is 3. The molecule has 0 saturated heterocycles. The normalized spacial score (nSPS) is 22.2. The average Bonchev–Trinajstić information content (AvgIpc) is 2.97. The van der Waals surface area contributed by atoms with Crippen molar-refractivity contribution < 1.29 is 13.7 Å². The molecule has 2 N–H and O–H groups in total. The monoisotopic (exact) mass is 480 g/mol. The Kier molecular flexibility index (Phi) is 7.29. The van der Waals surface area contributed by atoms with Crippen molar-refractivity contribution in [2.45, 2.75) is 64.7 Å². The summed E-state index contributed by atoms with van der Waals surface area (Å²) in [7, 11) is -3.09. The zero-order valence-corrected chi connectivity index (χ0v) is 21.3. The Labute approximate surface area is 204 Å².